The monoisotopic (exact) mass is 455 g/mol. The molecule has 2 aromatic carbocycles. The van der Waals surface area contributed by atoms with Crippen LogP contribution in [0.25, 0.3) is 0 Å². The summed E-state index contributed by atoms with van der Waals surface area (Å²) in [7, 11) is 0. The summed E-state index contributed by atoms with van der Waals surface area (Å²) < 4.78 is 5.57. The molecule has 3 rings (SSSR count). The fourth-order valence-corrected chi connectivity index (χ4v) is 3.83. The number of thiophene rings is 1. The van der Waals surface area contributed by atoms with E-state index in [-0.39, 0.29) is 18.4 Å². The number of hydrogen-bond donors (Lipinski definition) is 2. The van der Waals surface area contributed by atoms with Crippen LogP contribution in [0, 0.1) is 13.8 Å². The number of rotatable bonds is 7. The lowest BCUT2D eigenvalue weighted by molar-refractivity contribution is -0.118. The van der Waals surface area contributed by atoms with Gasteiger partial charge in [0.1, 0.15) is 5.75 Å². The van der Waals surface area contributed by atoms with Crippen molar-refractivity contribution >= 4 is 46.2 Å². The van der Waals surface area contributed by atoms with Crippen LogP contribution in [0.4, 0.5) is 5.69 Å². The Morgan fingerprint density at radius 3 is 2.61 bits per heavy atom. The van der Waals surface area contributed by atoms with Gasteiger partial charge in [0.25, 0.3) is 11.8 Å². The van der Waals surface area contributed by atoms with Crippen LogP contribution < -0.4 is 15.5 Å². The summed E-state index contributed by atoms with van der Waals surface area (Å²) in [6, 6.07) is 14.3. The molecule has 2 amide bonds. The Balaban J connectivity index is 1.59. The van der Waals surface area contributed by atoms with E-state index in [4.69, 9.17) is 16.3 Å². The molecule has 0 aliphatic rings. The zero-order chi connectivity index (χ0) is 22.4. The van der Waals surface area contributed by atoms with Crippen LogP contribution in [-0.2, 0) is 4.79 Å². The highest BCUT2D eigenvalue weighted by Crippen LogP contribution is 2.22. The summed E-state index contributed by atoms with van der Waals surface area (Å²) in [6.07, 6.45) is 0. The van der Waals surface area contributed by atoms with Crippen molar-refractivity contribution in [3.05, 3.63) is 80.5 Å². The Kier molecular flexibility index (Phi) is 7.44. The molecule has 31 heavy (non-hydrogen) atoms. The maximum atomic E-state index is 12.3. The first-order valence-electron chi connectivity index (χ1n) is 9.51. The minimum atomic E-state index is -0.289. The molecule has 0 saturated heterocycles. The largest absolute Gasteiger partial charge is 0.483 e. The van der Waals surface area contributed by atoms with Crippen LogP contribution in [0.2, 0.25) is 5.02 Å². The molecule has 1 aromatic heterocycles. The number of nitrogens with zero attached hydrogens (tertiary/aromatic N) is 1. The SMILES string of the molecule is C/C(=N/NC(=O)c1sccc1C)c1cccc(NC(=O)COc2ccc(Cl)cc2C)c1. The molecule has 0 unspecified atom stereocenters. The molecule has 8 heteroatoms. The van der Waals surface area contributed by atoms with E-state index in [9.17, 15) is 9.59 Å². The summed E-state index contributed by atoms with van der Waals surface area (Å²) in [6.45, 7) is 5.40. The van der Waals surface area contributed by atoms with Gasteiger partial charge in [0, 0.05) is 10.7 Å². The van der Waals surface area contributed by atoms with Crippen LogP contribution >= 0.6 is 22.9 Å². The van der Waals surface area contributed by atoms with E-state index < -0.39 is 0 Å². The molecule has 160 valence electrons. The Bertz CT molecular complexity index is 1140. The molecule has 0 aliphatic carbocycles. The van der Waals surface area contributed by atoms with E-state index in [2.05, 4.69) is 15.8 Å². The lowest BCUT2D eigenvalue weighted by Gasteiger charge is -2.10. The average Bonchev–Trinajstić information content (AvgIpc) is 3.17. The first-order valence-corrected chi connectivity index (χ1v) is 10.8. The molecule has 0 atom stereocenters. The minimum Gasteiger partial charge on any atom is -0.483 e. The Labute approximate surface area is 189 Å². The van der Waals surface area contributed by atoms with Crippen LogP contribution in [0.5, 0.6) is 5.75 Å². The highest BCUT2D eigenvalue weighted by molar-refractivity contribution is 7.12. The van der Waals surface area contributed by atoms with Gasteiger partial charge in [-0.3, -0.25) is 9.59 Å². The molecule has 0 spiro atoms. The molecule has 0 bridgehead atoms. The normalized spacial score (nSPS) is 11.2. The van der Waals surface area contributed by atoms with Crippen LogP contribution in [0.15, 0.2) is 59.0 Å². The molecule has 0 saturated carbocycles. The molecule has 0 radical (unpaired) electrons. The smallest absolute Gasteiger partial charge is 0.281 e. The number of amides is 2. The van der Waals surface area contributed by atoms with Crippen molar-refractivity contribution in [3.63, 3.8) is 0 Å². The number of benzene rings is 2. The number of nitrogens with one attached hydrogen (secondary N) is 2. The summed E-state index contributed by atoms with van der Waals surface area (Å²) >= 11 is 7.30. The molecule has 0 fully saturated rings. The fourth-order valence-electron chi connectivity index (χ4n) is 2.79. The highest BCUT2D eigenvalue weighted by Gasteiger charge is 2.10. The van der Waals surface area contributed by atoms with Crippen molar-refractivity contribution in [2.24, 2.45) is 5.10 Å². The summed E-state index contributed by atoms with van der Waals surface area (Å²) in [5.41, 5.74) is 6.34. The zero-order valence-corrected chi connectivity index (χ0v) is 18.9. The van der Waals surface area contributed by atoms with E-state index in [1.807, 2.05) is 31.4 Å². The second-order valence-corrected chi connectivity index (χ2v) is 8.25. The average molecular weight is 456 g/mol. The third-order valence-corrected chi connectivity index (χ3v) is 5.70. The molecule has 1 heterocycles. The summed E-state index contributed by atoms with van der Waals surface area (Å²) in [5, 5.41) is 9.46. The fraction of sp³-hybridized carbons (Fsp3) is 0.174. The number of hydrogen-bond acceptors (Lipinski definition) is 5. The lowest BCUT2D eigenvalue weighted by atomic mass is 10.1. The molecule has 6 nitrogen and oxygen atoms in total. The summed E-state index contributed by atoms with van der Waals surface area (Å²) in [4.78, 5) is 25.1. The van der Waals surface area contributed by atoms with Gasteiger partial charge < -0.3 is 10.1 Å². The number of halogens is 1. The van der Waals surface area contributed by atoms with Gasteiger partial charge in [0.2, 0.25) is 0 Å². The lowest BCUT2D eigenvalue weighted by Crippen LogP contribution is -2.21. The number of hydrazone groups is 1. The second kappa shape index (κ2) is 10.2. The third-order valence-electron chi connectivity index (χ3n) is 4.45. The first-order chi connectivity index (χ1) is 14.8. The van der Waals surface area contributed by atoms with E-state index in [0.717, 1.165) is 16.7 Å². The third kappa shape index (κ3) is 6.16. The molecule has 0 aliphatic heterocycles. The van der Waals surface area contributed by atoms with Gasteiger partial charge >= 0.3 is 0 Å². The quantitative estimate of drug-likeness (QED) is 0.380. The van der Waals surface area contributed by atoms with E-state index in [0.29, 0.717) is 27.0 Å². The standard InChI is InChI=1S/C23H22ClN3O3S/c1-14-9-10-31-22(14)23(29)27-26-16(3)17-5-4-6-19(12-17)25-21(28)13-30-20-8-7-18(24)11-15(20)2/h4-12H,13H2,1-3H3,(H,25,28)(H,27,29)/b26-16-. The van der Waals surface area contributed by atoms with Gasteiger partial charge in [-0.1, -0.05) is 23.7 Å². The van der Waals surface area contributed by atoms with Crippen LogP contribution in [-0.4, -0.2) is 24.1 Å². The van der Waals surface area contributed by atoms with Crippen molar-refractivity contribution in [1.29, 1.82) is 0 Å². The molecule has 2 N–H and O–H groups in total. The van der Waals surface area contributed by atoms with Crippen molar-refractivity contribution in [2.45, 2.75) is 20.8 Å². The maximum absolute atomic E-state index is 12.3. The Hall–Kier alpha value is -3.16. The van der Waals surface area contributed by atoms with Crippen molar-refractivity contribution in [2.75, 3.05) is 11.9 Å². The van der Waals surface area contributed by atoms with Gasteiger partial charge in [0.05, 0.1) is 10.6 Å². The van der Waals surface area contributed by atoms with Crippen LogP contribution in [0.1, 0.15) is 33.3 Å². The van der Waals surface area contributed by atoms with Crippen molar-refractivity contribution in [3.8, 4) is 5.75 Å². The van der Waals surface area contributed by atoms with Crippen molar-refractivity contribution < 1.29 is 14.3 Å². The van der Waals surface area contributed by atoms with Crippen molar-refractivity contribution in [1.82, 2.24) is 5.43 Å². The van der Waals surface area contributed by atoms with E-state index in [1.54, 1.807) is 43.3 Å². The minimum absolute atomic E-state index is 0.129. The van der Waals surface area contributed by atoms with Gasteiger partial charge in [-0.2, -0.15) is 5.10 Å². The predicted octanol–water partition coefficient (Wildman–Crippen LogP) is 5.19. The number of anilines is 1. The molecular weight excluding hydrogens is 434 g/mol. The first kappa shape index (κ1) is 22.5. The number of ether oxygens (including phenoxy) is 1. The number of aryl methyl sites for hydroxylation is 2. The van der Waals surface area contributed by atoms with Gasteiger partial charge in [-0.15, -0.1) is 11.3 Å². The maximum Gasteiger partial charge on any atom is 0.281 e. The zero-order valence-electron chi connectivity index (χ0n) is 17.4. The molecular formula is C23H22ClN3O3S. The Morgan fingerprint density at radius 1 is 1.10 bits per heavy atom. The van der Waals surface area contributed by atoms with Gasteiger partial charge in [0.15, 0.2) is 6.61 Å². The topological polar surface area (TPSA) is 79.8 Å². The molecule has 3 aromatic rings. The predicted molar refractivity (Wildman–Crippen MR) is 125 cm³/mol. The number of carbonyl (C=O) groups is 2. The van der Waals surface area contributed by atoms with E-state index in [1.165, 1.54) is 11.3 Å². The van der Waals surface area contributed by atoms with Gasteiger partial charge in [-0.05, 0) is 79.2 Å². The van der Waals surface area contributed by atoms with Crippen LogP contribution in [0.3, 0.4) is 0 Å². The summed E-state index contributed by atoms with van der Waals surface area (Å²) in [5.74, 6) is 0.0708. The number of carbonyl (C=O) groups excluding carboxylic acids is 2. The highest BCUT2D eigenvalue weighted by atomic mass is 35.5. The van der Waals surface area contributed by atoms with Gasteiger partial charge in [-0.25, -0.2) is 5.43 Å². The Morgan fingerprint density at radius 2 is 1.90 bits per heavy atom. The van der Waals surface area contributed by atoms with E-state index >= 15 is 0 Å². The second-order valence-electron chi connectivity index (χ2n) is 6.90.